The first kappa shape index (κ1) is 18.1. The lowest BCUT2D eigenvalue weighted by Crippen LogP contribution is -2.27. The highest BCUT2D eigenvalue weighted by molar-refractivity contribution is 7.89. The molecule has 0 spiro atoms. The second-order valence-corrected chi connectivity index (χ2v) is 7.25. The zero-order chi connectivity index (χ0) is 18.4. The molecule has 8 heteroatoms. The molecule has 2 heterocycles. The van der Waals surface area contributed by atoms with E-state index in [1.54, 1.807) is 29.2 Å². The van der Waals surface area contributed by atoms with E-state index in [0.29, 0.717) is 18.9 Å². The minimum Gasteiger partial charge on any atom is -0.494 e. The molecule has 0 saturated heterocycles. The predicted molar refractivity (Wildman–Crippen MR) is 98.3 cm³/mol. The van der Waals surface area contributed by atoms with E-state index in [1.165, 1.54) is 12.1 Å². The summed E-state index contributed by atoms with van der Waals surface area (Å²) in [7, 11) is -3.57. The molecule has 0 bridgehead atoms. The monoisotopic (exact) mass is 372 g/mol. The maximum absolute atomic E-state index is 12.3. The third-order valence-electron chi connectivity index (χ3n) is 3.65. The van der Waals surface area contributed by atoms with Crippen molar-refractivity contribution in [2.24, 2.45) is 0 Å². The van der Waals surface area contributed by atoms with Crippen molar-refractivity contribution >= 4 is 10.0 Å². The molecule has 136 valence electrons. The quantitative estimate of drug-likeness (QED) is 0.656. The molecule has 3 rings (SSSR count). The Balaban J connectivity index is 1.58. The van der Waals surface area contributed by atoms with Crippen molar-refractivity contribution in [1.82, 2.24) is 19.5 Å². The molecular formula is C18H20N4O3S. The number of hydrogen-bond acceptors (Lipinski definition) is 5. The number of ether oxygens (including phenoxy) is 1. The van der Waals surface area contributed by atoms with Crippen LogP contribution >= 0.6 is 0 Å². The van der Waals surface area contributed by atoms with Crippen LogP contribution in [-0.2, 0) is 16.6 Å². The van der Waals surface area contributed by atoms with Crippen molar-refractivity contribution in [1.29, 1.82) is 0 Å². The highest BCUT2D eigenvalue weighted by atomic mass is 32.2. The first-order valence-corrected chi connectivity index (χ1v) is 9.74. The van der Waals surface area contributed by atoms with Gasteiger partial charge in [-0.25, -0.2) is 13.1 Å². The van der Waals surface area contributed by atoms with Gasteiger partial charge >= 0.3 is 0 Å². The molecule has 0 atom stereocenters. The molecule has 7 nitrogen and oxygen atoms in total. The number of nitrogens with zero attached hydrogens (tertiary/aromatic N) is 3. The van der Waals surface area contributed by atoms with Gasteiger partial charge in [0.1, 0.15) is 11.4 Å². The van der Waals surface area contributed by atoms with Gasteiger partial charge in [-0.1, -0.05) is 6.07 Å². The lowest BCUT2D eigenvalue weighted by molar-refractivity contribution is 0.340. The SMILES string of the molecule is CCOc1ccc(S(=O)(=O)NCCn2ccc(-c3ccccn3)n2)cc1. The third kappa shape index (κ3) is 4.47. The van der Waals surface area contributed by atoms with Crippen LogP contribution in [0.25, 0.3) is 11.4 Å². The number of hydrogen-bond donors (Lipinski definition) is 1. The van der Waals surface area contributed by atoms with Gasteiger partial charge in [0.15, 0.2) is 0 Å². The van der Waals surface area contributed by atoms with E-state index >= 15 is 0 Å². The fourth-order valence-electron chi connectivity index (χ4n) is 2.40. The summed E-state index contributed by atoms with van der Waals surface area (Å²) in [6.45, 7) is 3.07. The van der Waals surface area contributed by atoms with Crippen molar-refractivity contribution in [2.45, 2.75) is 18.4 Å². The van der Waals surface area contributed by atoms with Gasteiger partial charge in [0.05, 0.1) is 23.7 Å². The maximum Gasteiger partial charge on any atom is 0.240 e. The molecule has 3 aromatic rings. The molecule has 0 unspecified atom stereocenters. The number of rotatable bonds is 8. The maximum atomic E-state index is 12.3. The lowest BCUT2D eigenvalue weighted by atomic mass is 10.3. The normalized spacial score (nSPS) is 11.4. The van der Waals surface area contributed by atoms with E-state index in [2.05, 4.69) is 14.8 Å². The number of nitrogens with one attached hydrogen (secondary N) is 1. The Morgan fingerprint density at radius 2 is 1.88 bits per heavy atom. The molecule has 0 aliphatic carbocycles. The summed E-state index contributed by atoms with van der Waals surface area (Å²) in [6.07, 6.45) is 3.51. The summed E-state index contributed by atoms with van der Waals surface area (Å²) in [5.74, 6) is 0.644. The average molecular weight is 372 g/mol. The molecular weight excluding hydrogens is 352 g/mol. The Kier molecular flexibility index (Phi) is 5.65. The first-order chi connectivity index (χ1) is 12.6. The van der Waals surface area contributed by atoms with Gasteiger partial charge in [0, 0.05) is 18.9 Å². The zero-order valence-corrected chi connectivity index (χ0v) is 15.2. The Hall–Kier alpha value is -2.71. The van der Waals surface area contributed by atoms with Gasteiger partial charge in [-0.2, -0.15) is 5.10 Å². The van der Waals surface area contributed by atoms with E-state index in [-0.39, 0.29) is 11.4 Å². The number of pyridine rings is 1. The van der Waals surface area contributed by atoms with Crippen molar-refractivity contribution in [3.05, 3.63) is 60.9 Å². The molecule has 0 amide bonds. The van der Waals surface area contributed by atoms with Crippen LogP contribution < -0.4 is 9.46 Å². The summed E-state index contributed by atoms with van der Waals surface area (Å²) >= 11 is 0. The second-order valence-electron chi connectivity index (χ2n) is 5.48. The fourth-order valence-corrected chi connectivity index (χ4v) is 3.42. The van der Waals surface area contributed by atoms with Gasteiger partial charge in [0.2, 0.25) is 10.0 Å². The minimum atomic E-state index is -3.57. The fraction of sp³-hybridized carbons (Fsp3) is 0.222. The van der Waals surface area contributed by atoms with Crippen LogP contribution in [0.4, 0.5) is 0 Å². The molecule has 0 fully saturated rings. The molecule has 0 saturated carbocycles. The Labute approximate surface area is 152 Å². The van der Waals surface area contributed by atoms with Gasteiger partial charge in [0.25, 0.3) is 0 Å². The smallest absolute Gasteiger partial charge is 0.240 e. The van der Waals surface area contributed by atoms with Crippen LogP contribution in [0.3, 0.4) is 0 Å². The standard InChI is InChI=1S/C18H20N4O3S/c1-2-25-15-6-8-16(9-7-15)26(23,24)20-12-14-22-13-10-18(21-22)17-5-3-4-11-19-17/h3-11,13,20H,2,12,14H2,1H3. The van der Waals surface area contributed by atoms with Crippen molar-refractivity contribution in [3.63, 3.8) is 0 Å². The summed E-state index contributed by atoms with van der Waals surface area (Å²) in [4.78, 5) is 4.45. The minimum absolute atomic E-state index is 0.204. The number of sulfonamides is 1. The van der Waals surface area contributed by atoms with Crippen molar-refractivity contribution < 1.29 is 13.2 Å². The van der Waals surface area contributed by atoms with E-state index in [4.69, 9.17) is 4.74 Å². The zero-order valence-electron chi connectivity index (χ0n) is 14.4. The molecule has 0 radical (unpaired) electrons. The second kappa shape index (κ2) is 8.11. The average Bonchev–Trinajstić information content (AvgIpc) is 3.12. The molecule has 1 aromatic carbocycles. The van der Waals surface area contributed by atoms with Gasteiger partial charge in [-0.3, -0.25) is 9.67 Å². The van der Waals surface area contributed by atoms with E-state index in [0.717, 1.165) is 11.4 Å². The van der Waals surface area contributed by atoms with E-state index in [1.807, 2.05) is 31.2 Å². The molecule has 0 aliphatic rings. The Morgan fingerprint density at radius 3 is 2.58 bits per heavy atom. The highest BCUT2D eigenvalue weighted by Crippen LogP contribution is 2.16. The topological polar surface area (TPSA) is 86.1 Å². The van der Waals surface area contributed by atoms with Crippen LogP contribution in [-0.4, -0.2) is 36.3 Å². The molecule has 2 aromatic heterocycles. The van der Waals surface area contributed by atoms with Crippen LogP contribution in [0.1, 0.15) is 6.92 Å². The Bertz CT molecular complexity index is 938. The predicted octanol–water partition coefficient (Wildman–Crippen LogP) is 2.32. The van der Waals surface area contributed by atoms with Gasteiger partial charge < -0.3 is 4.74 Å². The molecule has 1 N–H and O–H groups in total. The van der Waals surface area contributed by atoms with Crippen molar-refractivity contribution in [2.75, 3.05) is 13.2 Å². The summed E-state index contributed by atoms with van der Waals surface area (Å²) in [6, 6.07) is 13.8. The highest BCUT2D eigenvalue weighted by Gasteiger charge is 2.13. The van der Waals surface area contributed by atoms with Gasteiger partial charge in [-0.05, 0) is 49.4 Å². The van der Waals surface area contributed by atoms with E-state index < -0.39 is 10.0 Å². The van der Waals surface area contributed by atoms with Crippen molar-refractivity contribution in [3.8, 4) is 17.1 Å². The first-order valence-electron chi connectivity index (χ1n) is 8.26. The van der Waals surface area contributed by atoms with E-state index in [9.17, 15) is 8.42 Å². The largest absolute Gasteiger partial charge is 0.494 e. The number of benzene rings is 1. The molecule has 26 heavy (non-hydrogen) atoms. The summed E-state index contributed by atoms with van der Waals surface area (Å²) in [5, 5.41) is 4.41. The number of aromatic nitrogens is 3. The van der Waals surface area contributed by atoms with Crippen LogP contribution in [0.2, 0.25) is 0 Å². The third-order valence-corrected chi connectivity index (χ3v) is 5.12. The van der Waals surface area contributed by atoms with Crippen LogP contribution in [0, 0.1) is 0 Å². The van der Waals surface area contributed by atoms with Crippen LogP contribution in [0.5, 0.6) is 5.75 Å². The summed E-state index contributed by atoms with van der Waals surface area (Å²) < 4.78 is 34.2. The summed E-state index contributed by atoms with van der Waals surface area (Å²) in [5.41, 5.74) is 1.53. The molecule has 0 aliphatic heterocycles. The lowest BCUT2D eigenvalue weighted by Gasteiger charge is -2.08. The van der Waals surface area contributed by atoms with Gasteiger partial charge in [-0.15, -0.1) is 0 Å². The van der Waals surface area contributed by atoms with Crippen LogP contribution in [0.15, 0.2) is 65.8 Å². The Morgan fingerprint density at radius 1 is 1.08 bits per heavy atom.